The molecule has 0 aromatic carbocycles. The van der Waals surface area contributed by atoms with Gasteiger partial charge in [-0.25, -0.2) is 0 Å². The van der Waals surface area contributed by atoms with E-state index < -0.39 is 6.10 Å². The molecule has 1 amide bonds. The first-order valence-corrected chi connectivity index (χ1v) is 7.14. The maximum atomic E-state index is 12.1. The molecule has 0 spiro atoms. The van der Waals surface area contributed by atoms with E-state index >= 15 is 0 Å². The summed E-state index contributed by atoms with van der Waals surface area (Å²) in [5, 5.41) is 14.4. The Kier molecular flexibility index (Phi) is 4.39. The van der Waals surface area contributed by atoms with Gasteiger partial charge in [-0.05, 0) is 29.5 Å². The van der Waals surface area contributed by atoms with Gasteiger partial charge in [0.05, 0.1) is 11.8 Å². The molecule has 0 saturated carbocycles. The number of hydrogen-bond donors (Lipinski definition) is 2. The van der Waals surface area contributed by atoms with Crippen LogP contribution in [0.4, 0.5) is 0 Å². The molecule has 0 aliphatic rings. The SMILES string of the molecule is CC(C)C(O)CNC(=O)c1sccc1-n1cccc1. The van der Waals surface area contributed by atoms with Crippen LogP contribution in [0.3, 0.4) is 0 Å². The van der Waals surface area contributed by atoms with E-state index in [1.807, 2.05) is 54.4 Å². The highest BCUT2D eigenvalue weighted by Gasteiger charge is 2.16. The number of nitrogens with one attached hydrogen (secondary N) is 1. The molecule has 1 atom stereocenters. The minimum absolute atomic E-state index is 0.132. The molecule has 0 saturated heterocycles. The van der Waals surface area contributed by atoms with Crippen molar-refractivity contribution in [1.29, 1.82) is 0 Å². The van der Waals surface area contributed by atoms with Crippen LogP contribution in [0.2, 0.25) is 0 Å². The smallest absolute Gasteiger partial charge is 0.263 e. The van der Waals surface area contributed by atoms with Crippen molar-refractivity contribution in [3.8, 4) is 5.69 Å². The second-order valence-electron chi connectivity index (χ2n) is 4.75. The van der Waals surface area contributed by atoms with Gasteiger partial charge in [0.1, 0.15) is 4.88 Å². The van der Waals surface area contributed by atoms with E-state index in [0.29, 0.717) is 4.88 Å². The van der Waals surface area contributed by atoms with Gasteiger partial charge in [0, 0.05) is 18.9 Å². The predicted octanol–water partition coefficient (Wildman–Crippen LogP) is 2.29. The number of thiophene rings is 1. The maximum Gasteiger partial charge on any atom is 0.263 e. The third kappa shape index (κ3) is 3.24. The Hall–Kier alpha value is -1.59. The molecule has 0 aliphatic carbocycles. The Bertz CT molecular complexity index is 531. The fourth-order valence-electron chi connectivity index (χ4n) is 1.68. The lowest BCUT2D eigenvalue weighted by molar-refractivity contribution is 0.0875. The van der Waals surface area contributed by atoms with Gasteiger partial charge in [-0.1, -0.05) is 13.8 Å². The highest BCUT2D eigenvalue weighted by Crippen LogP contribution is 2.21. The summed E-state index contributed by atoms with van der Waals surface area (Å²) in [6, 6.07) is 5.75. The summed E-state index contributed by atoms with van der Waals surface area (Å²) in [6.07, 6.45) is 3.29. The molecular formula is C14H18N2O2S. The number of aliphatic hydroxyl groups is 1. The number of hydrogen-bond acceptors (Lipinski definition) is 3. The Balaban J connectivity index is 2.07. The van der Waals surface area contributed by atoms with E-state index in [2.05, 4.69) is 5.32 Å². The Labute approximate surface area is 116 Å². The van der Waals surface area contributed by atoms with E-state index in [9.17, 15) is 9.90 Å². The average molecular weight is 278 g/mol. The molecule has 102 valence electrons. The zero-order valence-electron chi connectivity index (χ0n) is 11.0. The van der Waals surface area contributed by atoms with Crippen LogP contribution in [-0.2, 0) is 0 Å². The molecule has 0 radical (unpaired) electrons. The van der Waals surface area contributed by atoms with Gasteiger partial charge in [0.15, 0.2) is 0 Å². The van der Waals surface area contributed by atoms with E-state index in [1.54, 1.807) is 0 Å². The number of carbonyl (C=O) groups excluding carboxylic acids is 1. The Morgan fingerprint density at radius 3 is 2.74 bits per heavy atom. The van der Waals surface area contributed by atoms with Crippen molar-refractivity contribution in [3.63, 3.8) is 0 Å². The van der Waals surface area contributed by atoms with Crippen LogP contribution < -0.4 is 5.32 Å². The van der Waals surface area contributed by atoms with Crippen LogP contribution in [0.25, 0.3) is 5.69 Å². The lowest BCUT2D eigenvalue weighted by atomic mass is 10.1. The molecule has 2 N–H and O–H groups in total. The van der Waals surface area contributed by atoms with Gasteiger partial charge in [0.2, 0.25) is 0 Å². The topological polar surface area (TPSA) is 54.3 Å². The lowest BCUT2D eigenvalue weighted by Gasteiger charge is -2.15. The summed E-state index contributed by atoms with van der Waals surface area (Å²) in [5.74, 6) is -0.00838. The van der Waals surface area contributed by atoms with Crippen molar-refractivity contribution in [1.82, 2.24) is 9.88 Å². The quantitative estimate of drug-likeness (QED) is 0.881. The number of aliphatic hydroxyl groups excluding tert-OH is 1. The van der Waals surface area contributed by atoms with Gasteiger partial charge >= 0.3 is 0 Å². The van der Waals surface area contributed by atoms with Crippen LogP contribution in [0.5, 0.6) is 0 Å². The molecule has 1 unspecified atom stereocenters. The summed E-state index contributed by atoms with van der Waals surface area (Å²) in [7, 11) is 0. The molecule has 2 rings (SSSR count). The molecule has 0 fully saturated rings. The standard InChI is InChI=1S/C14H18N2O2S/c1-10(2)12(17)9-15-14(18)13-11(5-8-19-13)16-6-3-4-7-16/h3-8,10,12,17H,9H2,1-2H3,(H,15,18). The largest absolute Gasteiger partial charge is 0.391 e. The Morgan fingerprint density at radius 1 is 1.42 bits per heavy atom. The maximum absolute atomic E-state index is 12.1. The number of aromatic nitrogens is 1. The summed E-state index contributed by atoms with van der Waals surface area (Å²) >= 11 is 1.40. The zero-order valence-corrected chi connectivity index (χ0v) is 11.9. The molecule has 5 heteroatoms. The van der Waals surface area contributed by atoms with Crippen molar-refractivity contribution >= 4 is 17.2 Å². The van der Waals surface area contributed by atoms with Gasteiger partial charge in [-0.15, -0.1) is 11.3 Å². The minimum Gasteiger partial charge on any atom is -0.391 e. The average Bonchev–Trinajstić information content (AvgIpc) is 3.04. The van der Waals surface area contributed by atoms with Gasteiger partial charge in [0.25, 0.3) is 5.91 Å². The molecule has 0 aliphatic heterocycles. The van der Waals surface area contributed by atoms with Crippen LogP contribution in [0.15, 0.2) is 36.0 Å². The fourth-order valence-corrected chi connectivity index (χ4v) is 2.49. The monoisotopic (exact) mass is 278 g/mol. The normalized spacial score (nSPS) is 12.6. The van der Waals surface area contributed by atoms with E-state index in [4.69, 9.17) is 0 Å². The molecule has 0 bridgehead atoms. The van der Waals surface area contributed by atoms with Crippen molar-refractivity contribution in [3.05, 3.63) is 40.8 Å². The zero-order chi connectivity index (χ0) is 13.8. The van der Waals surface area contributed by atoms with Crippen LogP contribution >= 0.6 is 11.3 Å². The van der Waals surface area contributed by atoms with Gasteiger partial charge < -0.3 is 15.0 Å². The van der Waals surface area contributed by atoms with Crippen LogP contribution in [-0.4, -0.2) is 28.2 Å². The number of nitrogens with zero attached hydrogens (tertiary/aromatic N) is 1. The fraction of sp³-hybridized carbons (Fsp3) is 0.357. The number of amides is 1. The lowest BCUT2D eigenvalue weighted by Crippen LogP contribution is -2.34. The first kappa shape index (κ1) is 13.8. The highest BCUT2D eigenvalue weighted by molar-refractivity contribution is 7.12. The molecule has 2 aromatic rings. The Morgan fingerprint density at radius 2 is 2.11 bits per heavy atom. The first-order chi connectivity index (χ1) is 9.09. The number of carbonyl (C=O) groups is 1. The minimum atomic E-state index is -0.515. The summed E-state index contributed by atoms with van der Waals surface area (Å²) < 4.78 is 1.91. The van der Waals surface area contributed by atoms with Crippen molar-refractivity contribution in [2.75, 3.05) is 6.54 Å². The van der Waals surface area contributed by atoms with Crippen LogP contribution in [0, 0.1) is 5.92 Å². The van der Waals surface area contributed by atoms with Crippen LogP contribution in [0.1, 0.15) is 23.5 Å². The molecule has 19 heavy (non-hydrogen) atoms. The van der Waals surface area contributed by atoms with E-state index in [1.165, 1.54) is 11.3 Å². The van der Waals surface area contributed by atoms with Gasteiger partial charge in [-0.2, -0.15) is 0 Å². The molecule has 2 heterocycles. The van der Waals surface area contributed by atoms with Gasteiger partial charge in [-0.3, -0.25) is 4.79 Å². The van der Waals surface area contributed by atoms with Crippen molar-refractivity contribution in [2.45, 2.75) is 20.0 Å². The van der Waals surface area contributed by atoms with Crippen molar-refractivity contribution in [2.24, 2.45) is 5.92 Å². The first-order valence-electron chi connectivity index (χ1n) is 6.26. The molecule has 2 aromatic heterocycles. The molecular weight excluding hydrogens is 260 g/mol. The highest BCUT2D eigenvalue weighted by atomic mass is 32.1. The van der Waals surface area contributed by atoms with Crippen molar-refractivity contribution < 1.29 is 9.90 Å². The second kappa shape index (κ2) is 6.04. The second-order valence-corrected chi connectivity index (χ2v) is 5.66. The summed E-state index contributed by atoms with van der Waals surface area (Å²) in [5.41, 5.74) is 0.867. The number of rotatable bonds is 5. The summed E-state index contributed by atoms with van der Waals surface area (Å²) in [6.45, 7) is 4.12. The third-order valence-corrected chi connectivity index (χ3v) is 3.88. The predicted molar refractivity (Wildman–Crippen MR) is 76.8 cm³/mol. The molecule has 4 nitrogen and oxygen atoms in total. The third-order valence-electron chi connectivity index (χ3n) is 2.97. The van der Waals surface area contributed by atoms with E-state index in [0.717, 1.165) is 5.69 Å². The van der Waals surface area contributed by atoms with E-state index in [-0.39, 0.29) is 18.4 Å². The summed E-state index contributed by atoms with van der Waals surface area (Å²) in [4.78, 5) is 12.8.